The number of likely N-dealkylation sites (tertiary alicyclic amines) is 1. The molecule has 1 aromatic carbocycles. The van der Waals surface area contributed by atoms with Crippen molar-refractivity contribution >= 4 is 11.8 Å². The van der Waals surface area contributed by atoms with Crippen LogP contribution in [0.15, 0.2) is 24.3 Å². The number of carbonyl (C=O) groups excluding carboxylic acids is 2. The van der Waals surface area contributed by atoms with E-state index in [1.54, 1.807) is 0 Å². The Kier molecular flexibility index (Phi) is 7.44. The average molecular weight is 345 g/mol. The van der Waals surface area contributed by atoms with Crippen LogP contribution in [0.4, 0.5) is 0 Å². The third kappa shape index (κ3) is 6.16. The number of hydrogen-bond donors (Lipinski definition) is 2. The molecule has 0 saturated carbocycles. The van der Waals surface area contributed by atoms with Crippen LogP contribution in [0.1, 0.15) is 50.3 Å². The van der Waals surface area contributed by atoms with E-state index in [1.807, 2.05) is 36.1 Å². The summed E-state index contributed by atoms with van der Waals surface area (Å²) in [6.07, 6.45) is 2.42. The summed E-state index contributed by atoms with van der Waals surface area (Å²) < 4.78 is 0. The first-order chi connectivity index (χ1) is 12.0. The topological polar surface area (TPSA) is 61.4 Å². The molecule has 1 fully saturated rings. The largest absolute Gasteiger partial charge is 0.349 e. The molecule has 5 nitrogen and oxygen atoms in total. The Hall–Kier alpha value is -1.88. The second-order valence-corrected chi connectivity index (χ2v) is 7.00. The summed E-state index contributed by atoms with van der Waals surface area (Å²) in [5.74, 6) is 0.677. The van der Waals surface area contributed by atoms with E-state index >= 15 is 0 Å². The smallest absolute Gasteiger partial charge is 0.224 e. The standard InChI is InChI=1S/C20H31N3O2/c1-4-21-14-17-9-11-23(12-10-17)20(25)13-19(22-16(3)24)18-7-5-15(2)6-8-18/h5-8,17,19,21H,4,9-14H2,1-3H3,(H,22,24). The molecule has 2 rings (SSSR count). The Morgan fingerprint density at radius 2 is 1.84 bits per heavy atom. The quantitative estimate of drug-likeness (QED) is 0.798. The van der Waals surface area contributed by atoms with E-state index in [0.717, 1.165) is 44.6 Å². The van der Waals surface area contributed by atoms with Crippen molar-refractivity contribution in [1.29, 1.82) is 0 Å². The minimum atomic E-state index is -0.259. The molecule has 5 heteroatoms. The normalized spacial score (nSPS) is 16.5. The second-order valence-electron chi connectivity index (χ2n) is 7.00. The Morgan fingerprint density at radius 3 is 2.40 bits per heavy atom. The van der Waals surface area contributed by atoms with Crippen LogP contribution < -0.4 is 10.6 Å². The highest BCUT2D eigenvalue weighted by molar-refractivity contribution is 5.79. The van der Waals surface area contributed by atoms with Crippen LogP contribution in [0, 0.1) is 12.8 Å². The van der Waals surface area contributed by atoms with E-state index in [2.05, 4.69) is 17.6 Å². The number of piperidine rings is 1. The molecule has 0 aliphatic carbocycles. The summed E-state index contributed by atoms with van der Waals surface area (Å²) in [6.45, 7) is 9.30. The fraction of sp³-hybridized carbons (Fsp3) is 0.600. The first-order valence-corrected chi connectivity index (χ1v) is 9.31. The Bertz CT molecular complexity index is 563. The van der Waals surface area contributed by atoms with Crippen molar-refractivity contribution in [3.8, 4) is 0 Å². The lowest BCUT2D eigenvalue weighted by atomic mass is 9.95. The van der Waals surface area contributed by atoms with Crippen LogP contribution in [-0.2, 0) is 9.59 Å². The van der Waals surface area contributed by atoms with Gasteiger partial charge in [-0.25, -0.2) is 0 Å². The number of hydrogen-bond acceptors (Lipinski definition) is 3. The molecule has 0 spiro atoms. The van der Waals surface area contributed by atoms with Crippen LogP contribution in [0.2, 0.25) is 0 Å². The molecule has 0 bridgehead atoms. The maximum absolute atomic E-state index is 12.7. The maximum atomic E-state index is 12.7. The van der Waals surface area contributed by atoms with E-state index in [9.17, 15) is 9.59 Å². The molecule has 25 heavy (non-hydrogen) atoms. The van der Waals surface area contributed by atoms with Crippen molar-refractivity contribution in [2.45, 2.75) is 46.1 Å². The summed E-state index contributed by atoms with van der Waals surface area (Å²) in [5, 5.41) is 6.32. The summed E-state index contributed by atoms with van der Waals surface area (Å²) >= 11 is 0. The van der Waals surface area contributed by atoms with Crippen LogP contribution in [0.25, 0.3) is 0 Å². The van der Waals surface area contributed by atoms with Gasteiger partial charge in [0.25, 0.3) is 0 Å². The lowest BCUT2D eigenvalue weighted by Crippen LogP contribution is -2.42. The van der Waals surface area contributed by atoms with Gasteiger partial charge < -0.3 is 15.5 Å². The van der Waals surface area contributed by atoms with Gasteiger partial charge in [-0.15, -0.1) is 0 Å². The highest BCUT2D eigenvalue weighted by atomic mass is 16.2. The zero-order chi connectivity index (χ0) is 18.2. The van der Waals surface area contributed by atoms with Crippen molar-refractivity contribution in [1.82, 2.24) is 15.5 Å². The molecular weight excluding hydrogens is 314 g/mol. The molecule has 138 valence electrons. The number of nitrogens with one attached hydrogen (secondary N) is 2. The van der Waals surface area contributed by atoms with Gasteiger partial charge in [-0.1, -0.05) is 36.8 Å². The molecule has 1 aromatic rings. The van der Waals surface area contributed by atoms with Crippen LogP contribution in [0.5, 0.6) is 0 Å². The van der Waals surface area contributed by atoms with E-state index in [0.29, 0.717) is 12.3 Å². The highest BCUT2D eigenvalue weighted by Gasteiger charge is 2.25. The molecule has 2 N–H and O–H groups in total. The fourth-order valence-electron chi connectivity index (χ4n) is 3.34. The van der Waals surface area contributed by atoms with E-state index in [-0.39, 0.29) is 17.9 Å². The predicted molar refractivity (Wildman–Crippen MR) is 100 cm³/mol. The Labute approximate surface area is 151 Å². The first-order valence-electron chi connectivity index (χ1n) is 9.31. The van der Waals surface area contributed by atoms with E-state index in [4.69, 9.17) is 0 Å². The van der Waals surface area contributed by atoms with Crippen LogP contribution >= 0.6 is 0 Å². The zero-order valence-electron chi connectivity index (χ0n) is 15.7. The van der Waals surface area contributed by atoms with E-state index in [1.165, 1.54) is 12.5 Å². The van der Waals surface area contributed by atoms with Gasteiger partial charge in [-0.3, -0.25) is 9.59 Å². The Balaban J connectivity index is 1.93. The van der Waals surface area contributed by atoms with Gasteiger partial charge in [0.05, 0.1) is 12.5 Å². The van der Waals surface area contributed by atoms with Gasteiger partial charge >= 0.3 is 0 Å². The average Bonchev–Trinajstić information content (AvgIpc) is 2.60. The minimum Gasteiger partial charge on any atom is -0.349 e. The lowest BCUT2D eigenvalue weighted by molar-refractivity contribution is -0.133. The molecule has 2 amide bonds. The summed E-state index contributed by atoms with van der Waals surface area (Å²) in [5.41, 5.74) is 2.15. The molecule has 1 saturated heterocycles. The number of aryl methyl sites for hydroxylation is 1. The summed E-state index contributed by atoms with van der Waals surface area (Å²) in [7, 11) is 0. The van der Waals surface area contributed by atoms with Crippen molar-refractivity contribution in [3.63, 3.8) is 0 Å². The van der Waals surface area contributed by atoms with Gasteiger partial charge in [0.2, 0.25) is 11.8 Å². The van der Waals surface area contributed by atoms with Gasteiger partial charge in [0, 0.05) is 20.0 Å². The molecule has 1 heterocycles. The summed E-state index contributed by atoms with van der Waals surface area (Å²) in [6, 6.07) is 7.75. The van der Waals surface area contributed by atoms with Gasteiger partial charge in [0.15, 0.2) is 0 Å². The molecule has 0 aromatic heterocycles. The zero-order valence-corrected chi connectivity index (χ0v) is 15.7. The number of nitrogens with zero attached hydrogens (tertiary/aromatic N) is 1. The molecule has 1 atom stereocenters. The number of amides is 2. The molecule has 1 unspecified atom stereocenters. The molecule has 1 aliphatic rings. The van der Waals surface area contributed by atoms with Gasteiger partial charge in [0.1, 0.15) is 0 Å². The fourth-order valence-corrected chi connectivity index (χ4v) is 3.34. The lowest BCUT2D eigenvalue weighted by Gasteiger charge is -2.33. The first kappa shape index (κ1) is 19.4. The minimum absolute atomic E-state index is 0.109. The maximum Gasteiger partial charge on any atom is 0.224 e. The van der Waals surface area contributed by atoms with Crippen molar-refractivity contribution in [2.24, 2.45) is 5.92 Å². The monoisotopic (exact) mass is 345 g/mol. The van der Waals surface area contributed by atoms with Crippen molar-refractivity contribution < 1.29 is 9.59 Å². The van der Waals surface area contributed by atoms with Gasteiger partial charge in [-0.05, 0) is 44.3 Å². The Morgan fingerprint density at radius 1 is 1.20 bits per heavy atom. The van der Waals surface area contributed by atoms with Crippen molar-refractivity contribution in [3.05, 3.63) is 35.4 Å². The van der Waals surface area contributed by atoms with E-state index < -0.39 is 0 Å². The molecule has 0 radical (unpaired) electrons. The highest BCUT2D eigenvalue weighted by Crippen LogP contribution is 2.22. The third-order valence-electron chi connectivity index (χ3n) is 4.89. The number of carbonyl (C=O) groups is 2. The van der Waals surface area contributed by atoms with Crippen molar-refractivity contribution in [2.75, 3.05) is 26.2 Å². The molecule has 1 aliphatic heterocycles. The predicted octanol–water partition coefficient (Wildman–Crippen LogP) is 2.41. The molecular formula is C20H31N3O2. The SMILES string of the molecule is CCNCC1CCN(C(=O)CC(NC(C)=O)c2ccc(C)cc2)CC1. The van der Waals surface area contributed by atoms with Gasteiger partial charge in [-0.2, -0.15) is 0 Å². The van der Waals surface area contributed by atoms with Crippen LogP contribution in [-0.4, -0.2) is 42.9 Å². The number of benzene rings is 1. The van der Waals surface area contributed by atoms with Crippen LogP contribution in [0.3, 0.4) is 0 Å². The second kappa shape index (κ2) is 9.56. The summed E-state index contributed by atoms with van der Waals surface area (Å²) in [4.78, 5) is 26.2. The number of rotatable bonds is 7. The third-order valence-corrected chi connectivity index (χ3v) is 4.89.